The van der Waals surface area contributed by atoms with Crippen molar-refractivity contribution in [3.63, 3.8) is 0 Å². The quantitative estimate of drug-likeness (QED) is 0.722. The maximum Gasteiger partial charge on any atom is 0.306 e. The highest BCUT2D eigenvalue weighted by molar-refractivity contribution is 7.92. The van der Waals surface area contributed by atoms with Crippen LogP contribution >= 0.6 is 0 Å². The summed E-state index contributed by atoms with van der Waals surface area (Å²) in [4.78, 5) is 11.2. The third-order valence-electron chi connectivity index (χ3n) is 3.99. The first-order valence-electron chi connectivity index (χ1n) is 7.42. The molecule has 1 fully saturated rings. The van der Waals surface area contributed by atoms with E-state index in [0.29, 0.717) is 12.3 Å². The van der Waals surface area contributed by atoms with Gasteiger partial charge in [0.1, 0.15) is 0 Å². The molecule has 0 aromatic rings. The number of nitrogens with one attached hydrogen (secondary N) is 1. The SMILES string of the molecule is CCCNC1CCC(C)CC1S(=O)(=O)CCC(=O)OC. The van der Waals surface area contributed by atoms with Crippen LogP contribution in [0, 0.1) is 5.92 Å². The van der Waals surface area contributed by atoms with Crippen LogP contribution in [0.25, 0.3) is 0 Å². The molecule has 1 rings (SSSR count). The lowest BCUT2D eigenvalue weighted by molar-refractivity contribution is -0.140. The zero-order valence-corrected chi connectivity index (χ0v) is 13.5. The van der Waals surface area contributed by atoms with Gasteiger partial charge in [-0.1, -0.05) is 13.8 Å². The Kier molecular flexibility index (Phi) is 6.95. The number of rotatable bonds is 7. The van der Waals surface area contributed by atoms with Crippen molar-refractivity contribution >= 4 is 15.8 Å². The molecule has 0 aromatic heterocycles. The van der Waals surface area contributed by atoms with Gasteiger partial charge in [0, 0.05) is 6.04 Å². The number of hydrogen-bond donors (Lipinski definition) is 1. The monoisotopic (exact) mass is 305 g/mol. The first kappa shape index (κ1) is 17.4. The number of esters is 1. The molecule has 0 bridgehead atoms. The van der Waals surface area contributed by atoms with Crippen LogP contribution in [-0.2, 0) is 19.4 Å². The highest BCUT2D eigenvalue weighted by atomic mass is 32.2. The van der Waals surface area contributed by atoms with Crippen molar-refractivity contribution in [1.82, 2.24) is 5.32 Å². The summed E-state index contributed by atoms with van der Waals surface area (Å²) in [5, 5.41) is 2.98. The molecule has 3 atom stereocenters. The lowest BCUT2D eigenvalue weighted by Crippen LogP contribution is -2.48. The molecule has 0 aromatic carbocycles. The van der Waals surface area contributed by atoms with Gasteiger partial charge in [0.2, 0.25) is 0 Å². The van der Waals surface area contributed by atoms with E-state index >= 15 is 0 Å². The van der Waals surface area contributed by atoms with Gasteiger partial charge in [0.05, 0.1) is 24.5 Å². The smallest absolute Gasteiger partial charge is 0.306 e. The second-order valence-corrected chi connectivity index (χ2v) is 8.05. The van der Waals surface area contributed by atoms with E-state index in [0.717, 1.165) is 25.8 Å². The molecule has 0 aliphatic heterocycles. The van der Waals surface area contributed by atoms with E-state index in [-0.39, 0.29) is 23.5 Å². The van der Waals surface area contributed by atoms with Crippen LogP contribution in [0.15, 0.2) is 0 Å². The van der Waals surface area contributed by atoms with E-state index in [4.69, 9.17) is 0 Å². The molecule has 1 aliphatic rings. The lowest BCUT2D eigenvalue weighted by Gasteiger charge is -2.35. The van der Waals surface area contributed by atoms with Crippen LogP contribution in [0.5, 0.6) is 0 Å². The second-order valence-electron chi connectivity index (χ2n) is 5.71. The van der Waals surface area contributed by atoms with Crippen molar-refractivity contribution in [2.45, 2.75) is 57.2 Å². The van der Waals surface area contributed by atoms with E-state index in [2.05, 4.69) is 23.9 Å². The Labute approximate surface area is 122 Å². The van der Waals surface area contributed by atoms with Crippen molar-refractivity contribution < 1.29 is 17.9 Å². The second kappa shape index (κ2) is 7.98. The van der Waals surface area contributed by atoms with Crippen molar-refractivity contribution in [3.05, 3.63) is 0 Å². The van der Waals surface area contributed by atoms with E-state index in [1.54, 1.807) is 0 Å². The van der Waals surface area contributed by atoms with Crippen LogP contribution in [0.1, 0.15) is 46.0 Å². The van der Waals surface area contributed by atoms with Gasteiger partial charge in [-0.05, 0) is 38.1 Å². The van der Waals surface area contributed by atoms with Gasteiger partial charge in [-0.2, -0.15) is 0 Å². The van der Waals surface area contributed by atoms with Gasteiger partial charge < -0.3 is 10.1 Å². The minimum Gasteiger partial charge on any atom is -0.469 e. The Morgan fingerprint density at radius 1 is 1.35 bits per heavy atom. The molecule has 1 N–H and O–H groups in total. The fraction of sp³-hybridized carbons (Fsp3) is 0.929. The molecule has 5 nitrogen and oxygen atoms in total. The molecule has 0 saturated heterocycles. The Balaban J connectivity index is 2.72. The van der Waals surface area contributed by atoms with Gasteiger partial charge in [-0.25, -0.2) is 8.42 Å². The first-order chi connectivity index (χ1) is 9.40. The van der Waals surface area contributed by atoms with Crippen LogP contribution in [-0.4, -0.2) is 45.1 Å². The number of carbonyl (C=O) groups excluding carboxylic acids is 1. The standard InChI is InChI=1S/C14H27NO4S/c1-4-8-15-12-6-5-11(2)10-13(12)20(17,18)9-7-14(16)19-3/h11-13,15H,4-10H2,1-3H3. The Bertz CT molecular complexity index is 405. The van der Waals surface area contributed by atoms with E-state index in [1.165, 1.54) is 7.11 Å². The minimum atomic E-state index is -3.26. The molecule has 0 radical (unpaired) electrons. The maximum absolute atomic E-state index is 12.5. The van der Waals surface area contributed by atoms with Crippen LogP contribution in [0.2, 0.25) is 0 Å². The molecule has 0 spiro atoms. The Morgan fingerprint density at radius 2 is 2.05 bits per heavy atom. The fourth-order valence-electron chi connectivity index (χ4n) is 2.77. The zero-order valence-electron chi connectivity index (χ0n) is 12.7. The Morgan fingerprint density at radius 3 is 2.65 bits per heavy atom. The van der Waals surface area contributed by atoms with Crippen molar-refractivity contribution in [2.24, 2.45) is 5.92 Å². The molecular formula is C14H27NO4S. The predicted octanol–water partition coefficient (Wildman–Crippen LogP) is 1.52. The summed E-state index contributed by atoms with van der Waals surface area (Å²) < 4.78 is 29.5. The number of hydrogen-bond acceptors (Lipinski definition) is 5. The van der Waals surface area contributed by atoms with Crippen molar-refractivity contribution in [2.75, 3.05) is 19.4 Å². The molecule has 0 heterocycles. The van der Waals surface area contributed by atoms with Gasteiger partial charge in [0.15, 0.2) is 9.84 Å². The number of ether oxygens (including phenoxy) is 1. The van der Waals surface area contributed by atoms with Gasteiger partial charge in [0.25, 0.3) is 0 Å². The molecular weight excluding hydrogens is 278 g/mol. The third-order valence-corrected chi connectivity index (χ3v) is 6.21. The summed E-state index contributed by atoms with van der Waals surface area (Å²) in [6, 6.07) is 0.0220. The normalized spacial score (nSPS) is 27.2. The minimum absolute atomic E-state index is 0.0220. The van der Waals surface area contributed by atoms with Crippen molar-refractivity contribution in [3.8, 4) is 0 Å². The largest absolute Gasteiger partial charge is 0.469 e. The highest BCUT2D eigenvalue weighted by Crippen LogP contribution is 2.29. The molecule has 0 amide bonds. The first-order valence-corrected chi connectivity index (χ1v) is 9.14. The topological polar surface area (TPSA) is 72.5 Å². The average Bonchev–Trinajstić information content (AvgIpc) is 2.43. The molecule has 1 saturated carbocycles. The van der Waals surface area contributed by atoms with Crippen LogP contribution in [0.4, 0.5) is 0 Å². The van der Waals surface area contributed by atoms with Crippen LogP contribution < -0.4 is 5.32 Å². The molecule has 20 heavy (non-hydrogen) atoms. The molecule has 118 valence electrons. The highest BCUT2D eigenvalue weighted by Gasteiger charge is 2.37. The number of carbonyl (C=O) groups is 1. The summed E-state index contributed by atoms with van der Waals surface area (Å²) in [5.41, 5.74) is 0. The van der Waals surface area contributed by atoms with E-state index < -0.39 is 15.8 Å². The Hall–Kier alpha value is -0.620. The maximum atomic E-state index is 12.5. The summed E-state index contributed by atoms with van der Waals surface area (Å²) in [6.45, 7) is 5.00. The van der Waals surface area contributed by atoms with E-state index in [9.17, 15) is 13.2 Å². The van der Waals surface area contributed by atoms with Crippen molar-refractivity contribution in [1.29, 1.82) is 0 Å². The lowest BCUT2D eigenvalue weighted by atomic mass is 9.87. The molecule has 3 unspecified atom stereocenters. The summed E-state index contributed by atoms with van der Waals surface area (Å²) in [6.07, 6.45) is 3.57. The summed E-state index contributed by atoms with van der Waals surface area (Å²) >= 11 is 0. The van der Waals surface area contributed by atoms with Gasteiger partial charge >= 0.3 is 5.97 Å². The van der Waals surface area contributed by atoms with Gasteiger partial charge in [-0.15, -0.1) is 0 Å². The summed E-state index contributed by atoms with van der Waals surface area (Å²) in [7, 11) is -1.98. The van der Waals surface area contributed by atoms with E-state index in [1.807, 2.05) is 0 Å². The number of sulfone groups is 1. The fourth-order valence-corrected chi connectivity index (χ4v) is 4.88. The third kappa shape index (κ3) is 5.05. The average molecular weight is 305 g/mol. The van der Waals surface area contributed by atoms with Crippen LogP contribution in [0.3, 0.4) is 0 Å². The molecule has 1 aliphatic carbocycles. The zero-order chi connectivity index (χ0) is 15.2. The number of methoxy groups -OCH3 is 1. The summed E-state index contributed by atoms with van der Waals surface area (Å²) in [5.74, 6) is -0.149. The molecule has 6 heteroatoms. The van der Waals surface area contributed by atoms with Gasteiger partial charge in [-0.3, -0.25) is 4.79 Å². The predicted molar refractivity (Wildman–Crippen MR) is 79.3 cm³/mol.